The molecule has 1 aromatic rings. The van der Waals surface area contributed by atoms with Crippen molar-refractivity contribution in [1.29, 1.82) is 0 Å². The second-order valence-electron chi connectivity index (χ2n) is 4.58. The molecule has 1 fully saturated rings. The molecule has 0 bridgehead atoms. The molecule has 16 heavy (non-hydrogen) atoms. The number of hydrogen-bond acceptors (Lipinski definition) is 3. The molecule has 0 N–H and O–H groups in total. The molecule has 0 radical (unpaired) electrons. The molecule has 1 saturated heterocycles. The lowest BCUT2D eigenvalue weighted by molar-refractivity contribution is -0.00595. The van der Waals surface area contributed by atoms with E-state index in [2.05, 4.69) is 16.9 Å². The first kappa shape index (κ1) is 9.93. The summed E-state index contributed by atoms with van der Waals surface area (Å²) in [7, 11) is 0. The molecule has 1 aromatic heterocycles. The molecule has 1 aliphatic carbocycles. The Kier molecular flexibility index (Phi) is 1.94. The summed E-state index contributed by atoms with van der Waals surface area (Å²) < 4.78 is 27.0. The monoisotopic (exact) mass is 225 g/mol. The lowest BCUT2D eigenvalue weighted by atomic mass is 10.1. The summed E-state index contributed by atoms with van der Waals surface area (Å²) >= 11 is 0. The van der Waals surface area contributed by atoms with Crippen LogP contribution < -0.4 is 4.90 Å². The van der Waals surface area contributed by atoms with Crippen molar-refractivity contribution in [3.8, 4) is 0 Å². The molecule has 0 saturated carbocycles. The Hall–Kier alpha value is -1.26. The Morgan fingerprint density at radius 3 is 2.94 bits per heavy atom. The van der Waals surface area contributed by atoms with Gasteiger partial charge in [0.25, 0.3) is 5.92 Å². The van der Waals surface area contributed by atoms with Gasteiger partial charge >= 0.3 is 0 Å². The lowest BCUT2D eigenvalue weighted by Gasteiger charge is -2.38. The Morgan fingerprint density at radius 1 is 1.50 bits per heavy atom. The van der Waals surface area contributed by atoms with Gasteiger partial charge in [-0.25, -0.2) is 9.97 Å². The van der Waals surface area contributed by atoms with Gasteiger partial charge in [0.2, 0.25) is 5.95 Å². The maximum absolute atomic E-state index is 13.5. The molecule has 0 spiro atoms. The van der Waals surface area contributed by atoms with E-state index in [1.54, 1.807) is 6.20 Å². The van der Waals surface area contributed by atoms with Gasteiger partial charge < -0.3 is 4.90 Å². The van der Waals surface area contributed by atoms with E-state index >= 15 is 0 Å². The van der Waals surface area contributed by atoms with Gasteiger partial charge in [-0.3, -0.25) is 0 Å². The van der Waals surface area contributed by atoms with Gasteiger partial charge in [-0.15, -0.1) is 0 Å². The highest BCUT2D eigenvalue weighted by molar-refractivity contribution is 5.40. The zero-order valence-corrected chi connectivity index (χ0v) is 9.08. The number of aryl methyl sites for hydroxylation is 1. The van der Waals surface area contributed by atoms with Crippen LogP contribution in [0.25, 0.3) is 0 Å². The number of alkyl halides is 2. The molecular formula is C11H13F2N3. The van der Waals surface area contributed by atoms with Crippen molar-refractivity contribution in [3.05, 3.63) is 17.5 Å². The van der Waals surface area contributed by atoms with E-state index in [0.29, 0.717) is 24.0 Å². The lowest BCUT2D eigenvalue weighted by Crippen LogP contribution is -2.46. The van der Waals surface area contributed by atoms with Crippen molar-refractivity contribution in [2.24, 2.45) is 0 Å². The van der Waals surface area contributed by atoms with Crippen molar-refractivity contribution < 1.29 is 8.78 Å². The molecule has 86 valence electrons. The molecule has 0 unspecified atom stereocenters. The summed E-state index contributed by atoms with van der Waals surface area (Å²) in [6, 6.07) is 0.369. The van der Waals surface area contributed by atoms with Gasteiger partial charge in [0.05, 0.1) is 0 Å². The van der Waals surface area contributed by atoms with E-state index in [-0.39, 0.29) is 12.1 Å². The summed E-state index contributed by atoms with van der Waals surface area (Å²) in [6.07, 6.45) is 2.90. The predicted octanol–water partition coefficient (Wildman–Crippen LogP) is 2.11. The summed E-state index contributed by atoms with van der Waals surface area (Å²) in [4.78, 5) is 10.2. The highest BCUT2D eigenvalue weighted by Crippen LogP contribution is 2.40. The number of hydrogen-bond donors (Lipinski definition) is 0. The Morgan fingerprint density at radius 2 is 2.31 bits per heavy atom. The van der Waals surface area contributed by atoms with Crippen LogP contribution in [0.4, 0.5) is 14.7 Å². The average molecular weight is 225 g/mol. The van der Waals surface area contributed by atoms with Gasteiger partial charge in [-0.05, 0) is 25.3 Å². The van der Waals surface area contributed by atoms with Gasteiger partial charge in [-0.2, -0.15) is 8.78 Å². The number of aromatic nitrogens is 2. The fourth-order valence-corrected chi connectivity index (χ4v) is 2.26. The smallest absolute Gasteiger partial charge is 0.290 e. The van der Waals surface area contributed by atoms with Crippen LogP contribution in [0, 0.1) is 0 Å². The van der Waals surface area contributed by atoms with Crippen LogP contribution in [-0.4, -0.2) is 22.6 Å². The highest BCUT2D eigenvalue weighted by Gasteiger charge is 2.42. The van der Waals surface area contributed by atoms with Crippen molar-refractivity contribution in [2.75, 3.05) is 11.4 Å². The molecule has 1 aliphatic heterocycles. The Bertz CT molecular complexity index is 433. The minimum Gasteiger partial charge on any atom is -0.338 e. The number of anilines is 1. The van der Waals surface area contributed by atoms with Gasteiger partial charge in [-0.1, -0.05) is 0 Å². The van der Waals surface area contributed by atoms with Crippen LogP contribution in [0.3, 0.4) is 0 Å². The van der Waals surface area contributed by atoms with Crippen LogP contribution in [0.2, 0.25) is 0 Å². The normalized spacial score (nSPS) is 26.4. The first-order valence-corrected chi connectivity index (χ1v) is 5.59. The number of nitrogens with zero attached hydrogens (tertiary/aromatic N) is 3. The standard InChI is InChI=1S/C11H13F2N3/c1-7-3-5-16(7)10-14-6-8-2-4-11(12,13)9(8)15-10/h6-7H,2-5H2,1H3/t7-/m0/s1. The molecular weight excluding hydrogens is 212 g/mol. The summed E-state index contributed by atoms with van der Waals surface area (Å²) in [5.74, 6) is -2.31. The Balaban J connectivity index is 1.99. The van der Waals surface area contributed by atoms with Crippen molar-refractivity contribution in [1.82, 2.24) is 9.97 Å². The maximum Gasteiger partial charge on any atom is 0.290 e. The van der Waals surface area contributed by atoms with Gasteiger partial charge in [0.1, 0.15) is 5.69 Å². The third kappa shape index (κ3) is 1.30. The molecule has 3 rings (SSSR count). The van der Waals surface area contributed by atoms with Crippen LogP contribution in [0.5, 0.6) is 0 Å². The second kappa shape index (κ2) is 3.12. The highest BCUT2D eigenvalue weighted by atomic mass is 19.3. The van der Waals surface area contributed by atoms with Gasteiger partial charge in [0.15, 0.2) is 0 Å². The number of rotatable bonds is 1. The predicted molar refractivity (Wildman–Crippen MR) is 55.7 cm³/mol. The third-order valence-electron chi connectivity index (χ3n) is 3.48. The molecule has 2 aliphatic rings. The summed E-state index contributed by atoms with van der Waals surface area (Å²) in [5, 5.41) is 0. The van der Waals surface area contributed by atoms with Crippen molar-refractivity contribution in [3.63, 3.8) is 0 Å². The molecule has 5 heteroatoms. The van der Waals surface area contributed by atoms with E-state index in [4.69, 9.17) is 0 Å². The summed E-state index contributed by atoms with van der Waals surface area (Å²) in [6.45, 7) is 2.92. The molecule has 0 amide bonds. The van der Waals surface area contributed by atoms with Gasteiger partial charge in [0, 0.05) is 25.2 Å². The summed E-state index contributed by atoms with van der Waals surface area (Å²) in [5.41, 5.74) is 0.540. The van der Waals surface area contributed by atoms with E-state index in [0.717, 1.165) is 13.0 Å². The van der Waals surface area contributed by atoms with Crippen LogP contribution >= 0.6 is 0 Å². The van der Waals surface area contributed by atoms with Crippen molar-refractivity contribution in [2.45, 2.75) is 38.2 Å². The Labute approximate surface area is 92.5 Å². The fourth-order valence-electron chi connectivity index (χ4n) is 2.26. The van der Waals surface area contributed by atoms with E-state index in [9.17, 15) is 8.78 Å². The number of halogens is 2. The first-order chi connectivity index (χ1) is 7.58. The molecule has 1 atom stereocenters. The topological polar surface area (TPSA) is 29.0 Å². The quantitative estimate of drug-likeness (QED) is 0.733. The van der Waals surface area contributed by atoms with Crippen LogP contribution in [0.15, 0.2) is 6.20 Å². The van der Waals surface area contributed by atoms with Crippen LogP contribution in [-0.2, 0) is 12.3 Å². The number of fused-ring (bicyclic) bond motifs is 1. The third-order valence-corrected chi connectivity index (χ3v) is 3.48. The van der Waals surface area contributed by atoms with E-state index in [1.807, 2.05) is 4.90 Å². The molecule has 3 nitrogen and oxygen atoms in total. The average Bonchev–Trinajstić information content (AvgIpc) is 2.53. The zero-order valence-electron chi connectivity index (χ0n) is 9.08. The minimum atomic E-state index is -2.76. The van der Waals surface area contributed by atoms with E-state index < -0.39 is 5.92 Å². The first-order valence-electron chi connectivity index (χ1n) is 5.59. The second-order valence-corrected chi connectivity index (χ2v) is 4.58. The molecule has 0 aromatic carbocycles. The van der Waals surface area contributed by atoms with Crippen LogP contribution in [0.1, 0.15) is 31.0 Å². The fraction of sp³-hybridized carbons (Fsp3) is 0.636. The SMILES string of the molecule is C[C@H]1CCN1c1ncc2c(n1)C(F)(F)CC2. The minimum absolute atomic E-state index is 0.0587. The van der Waals surface area contributed by atoms with E-state index in [1.165, 1.54) is 0 Å². The zero-order chi connectivity index (χ0) is 11.3. The maximum atomic E-state index is 13.5. The molecule has 2 heterocycles. The largest absolute Gasteiger partial charge is 0.338 e. The van der Waals surface area contributed by atoms with Crippen molar-refractivity contribution >= 4 is 5.95 Å².